The van der Waals surface area contributed by atoms with Gasteiger partial charge in [0.25, 0.3) is 0 Å². The van der Waals surface area contributed by atoms with Crippen molar-refractivity contribution in [2.45, 2.75) is 13.0 Å². The highest BCUT2D eigenvalue weighted by atomic mass is 35.5. The molecule has 0 amide bonds. The fraction of sp³-hybridized carbons (Fsp3) is 0.188. The Morgan fingerprint density at radius 3 is 2.79 bits per heavy atom. The number of hydrogen-bond acceptors (Lipinski definition) is 6. The number of rotatable bonds is 3. The minimum absolute atomic E-state index is 0.405. The van der Waals surface area contributed by atoms with Crippen molar-refractivity contribution in [1.29, 1.82) is 0 Å². The maximum Gasteiger partial charge on any atom is 0.338 e. The van der Waals surface area contributed by atoms with E-state index in [0.717, 1.165) is 5.01 Å². The molecule has 0 radical (unpaired) electrons. The Bertz CT molecular complexity index is 847. The Labute approximate surface area is 153 Å². The molecule has 0 aliphatic carbocycles. The molecular formula is C16H13Cl2N3O2S. The van der Waals surface area contributed by atoms with Gasteiger partial charge in [0, 0.05) is 32.9 Å². The first kappa shape index (κ1) is 17.0. The van der Waals surface area contributed by atoms with Crippen molar-refractivity contribution < 1.29 is 9.53 Å². The van der Waals surface area contributed by atoms with Gasteiger partial charge in [0.15, 0.2) is 10.8 Å². The highest BCUT2D eigenvalue weighted by Crippen LogP contribution is 2.37. The number of nitrogens with zero attached hydrogens (tertiary/aromatic N) is 2. The van der Waals surface area contributed by atoms with E-state index in [2.05, 4.69) is 15.3 Å². The highest BCUT2D eigenvalue weighted by molar-refractivity contribution is 7.11. The van der Waals surface area contributed by atoms with Crippen LogP contribution in [-0.4, -0.2) is 23.9 Å². The topological polar surface area (TPSA) is 63.6 Å². The molecule has 8 heteroatoms. The minimum atomic E-state index is -0.595. The summed E-state index contributed by atoms with van der Waals surface area (Å²) in [5, 5.41) is 6.66. The van der Waals surface area contributed by atoms with Gasteiger partial charge < -0.3 is 10.1 Å². The van der Waals surface area contributed by atoms with E-state index >= 15 is 0 Å². The van der Waals surface area contributed by atoms with E-state index in [1.54, 1.807) is 31.3 Å². The lowest BCUT2D eigenvalue weighted by molar-refractivity contribution is -0.136. The second-order valence-corrected chi connectivity index (χ2v) is 6.78. The molecule has 24 heavy (non-hydrogen) atoms. The van der Waals surface area contributed by atoms with Crippen LogP contribution in [0, 0.1) is 0 Å². The van der Waals surface area contributed by atoms with Gasteiger partial charge in [-0.3, -0.25) is 4.99 Å². The summed E-state index contributed by atoms with van der Waals surface area (Å²) in [6.45, 7) is 1.80. The Morgan fingerprint density at radius 1 is 1.38 bits per heavy atom. The highest BCUT2D eigenvalue weighted by Gasteiger charge is 2.32. The lowest BCUT2D eigenvalue weighted by atomic mass is 9.96. The zero-order chi connectivity index (χ0) is 17.3. The lowest BCUT2D eigenvalue weighted by Crippen LogP contribution is -2.32. The molecule has 1 aliphatic heterocycles. The molecule has 1 aromatic heterocycles. The van der Waals surface area contributed by atoms with E-state index in [0.29, 0.717) is 32.7 Å². The zero-order valence-corrected chi connectivity index (χ0v) is 15.2. The van der Waals surface area contributed by atoms with Crippen LogP contribution in [0.1, 0.15) is 23.5 Å². The molecule has 2 heterocycles. The summed E-state index contributed by atoms with van der Waals surface area (Å²) >= 11 is 13.8. The van der Waals surface area contributed by atoms with Gasteiger partial charge in [-0.25, -0.2) is 9.78 Å². The molecule has 0 bridgehead atoms. The third-order valence-electron chi connectivity index (χ3n) is 3.54. The Kier molecular flexibility index (Phi) is 4.89. The van der Waals surface area contributed by atoms with Crippen molar-refractivity contribution in [3.63, 3.8) is 0 Å². The lowest BCUT2D eigenvalue weighted by Gasteiger charge is -2.25. The second kappa shape index (κ2) is 6.93. The molecule has 1 N–H and O–H groups in total. The van der Waals surface area contributed by atoms with E-state index in [1.807, 2.05) is 5.38 Å². The Morgan fingerprint density at radius 2 is 2.17 bits per heavy atom. The van der Waals surface area contributed by atoms with Crippen LogP contribution >= 0.6 is 34.5 Å². The number of carbonyl (C=O) groups excluding carboxylic acids is 1. The number of aliphatic imine (C=N–C) groups is 1. The summed E-state index contributed by atoms with van der Waals surface area (Å²) in [4.78, 5) is 21.2. The summed E-state index contributed by atoms with van der Waals surface area (Å²) in [5.41, 5.74) is 1.73. The molecule has 0 saturated carbocycles. The molecule has 0 spiro atoms. The van der Waals surface area contributed by atoms with Gasteiger partial charge in [-0.1, -0.05) is 29.3 Å². The Balaban J connectivity index is 2.14. The standard InChI is InChI=1S/C16H13Cl2N3O2S/c1-8-12(16(22)23-2)13(10-4-3-9(17)7-11(10)18)21-14(20-8)15-19-5-6-24-15/h3-7,13H,1-2H3,(H,20,21). The Hall–Kier alpha value is -1.89. The summed E-state index contributed by atoms with van der Waals surface area (Å²) < 4.78 is 4.91. The van der Waals surface area contributed by atoms with Crippen molar-refractivity contribution >= 4 is 46.3 Å². The number of hydrogen-bond donors (Lipinski definition) is 1. The zero-order valence-electron chi connectivity index (χ0n) is 12.8. The largest absolute Gasteiger partial charge is 0.466 e. The molecule has 124 valence electrons. The number of halogens is 2. The summed E-state index contributed by atoms with van der Waals surface area (Å²) in [7, 11) is 1.34. The molecule has 0 saturated heterocycles. The number of nitrogens with one attached hydrogen (secondary N) is 1. The molecule has 0 fully saturated rings. The van der Waals surface area contributed by atoms with E-state index < -0.39 is 12.0 Å². The van der Waals surface area contributed by atoms with E-state index in [4.69, 9.17) is 27.9 Å². The molecular weight excluding hydrogens is 369 g/mol. The fourth-order valence-corrected chi connectivity index (χ4v) is 3.55. The van der Waals surface area contributed by atoms with Crippen LogP contribution in [0.5, 0.6) is 0 Å². The number of methoxy groups -OCH3 is 1. The number of thiazole rings is 1. The number of aromatic nitrogens is 1. The van der Waals surface area contributed by atoms with E-state index in [9.17, 15) is 4.79 Å². The smallest absolute Gasteiger partial charge is 0.338 e. The van der Waals surface area contributed by atoms with Crippen molar-refractivity contribution in [2.24, 2.45) is 4.99 Å². The number of benzene rings is 1. The summed E-state index contributed by atoms with van der Waals surface area (Å²) in [6.07, 6.45) is 1.70. The van der Waals surface area contributed by atoms with Gasteiger partial charge >= 0.3 is 5.97 Å². The molecule has 3 rings (SSSR count). The van der Waals surface area contributed by atoms with Crippen molar-refractivity contribution in [3.8, 4) is 0 Å². The number of esters is 1. The second-order valence-electron chi connectivity index (χ2n) is 5.04. The summed E-state index contributed by atoms with van der Waals surface area (Å²) in [5.74, 6) is 0.129. The average molecular weight is 382 g/mol. The van der Waals surface area contributed by atoms with E-state index in [-0.39, 0.29) is 0 Å². The first-order chi connectivity index (χ1) is 11.5. The van der Waals surface area contributed by atoms with Crippen LogP contribution in [0.2, 0.25) is 10.0 Å². The number of allylic oxidation sites excluding steroid dienone is 1. The van der Waals surface area contributed by atoms with Gasteiger partial charge in [0.2, 0.25) is 0 Å². The normalized spacial score (nSPS) is 17.3. The van der Waals surface area contributed by atoms with Gasteiger partial charge in [-0.05, 0) is 19.1 Å². The fourth-order valence-electron chi connectivity index (χ4n) is 2.45. The predicted octanol–water partition coefficient (Wildman–Crippen LogP) is 3.99. The maximum atomic E-state index is 12.3. The molecule has 2 aromatic rings. The van der Waals surface area contributed by atoms with E-state index in [1.165, 1.54) is 18.4 Å². The van der Waals surface area contributed by atoms with Crippen LogP contribution in [0.15, 0.2) is 46.0 Å². The first-order valence-corrected chi connectivity index (χ1v) is 8.63. The quantitative estimate of drug-likeness (QED) is 0.816. The van der Waals surface area contributed by atoms with Gasteiger partial charge in [-0.15, -0.1) is 11.3 Å². The average Bonchev–Trinajstić information content (AvgIpc) is 3.08. The number of amidine groups is 1. The van der Waals surface area contributed by atoms with Crippen LogP contribution in [0.3, 0.4) is 0 Å². The molecule has 1 aromatic carbocycles. The predicted molar refractivity (Wildman–Crippen MR) is 95.7 cm³/mol. The van der Waals surface area contributed by atoms with Gasteiger partial charge in [0.1, 0.15) is 6.04 Å². The SMILES string of the molecule is COC(=O)C1=C(C)NC(c2nccs2)=NC1c1ccc(Cl)cc1Cl. The number of ether oxygens (including phenoxy) is 1. The van der Waals surface area contributed by atoms with Gasteiger partial charge in [-0.2, -0.15) is 0 Å². The van der Waals surface area contributed by atoms with Crippen LogP contribution in [-0.2, 0) is 9.53 Å². The van der Waals surface area contributed by atoms with Crippen molar-refractivity contribution in [3.05, 3.63) is 61.7 Å². The van der Waals surface area contributed by atoms with Gasteiger partial charge in [0.05, 0.1) is 12.7 Å². The molecule has 1 atom stereocenters. The summed E-state index contributed by atoms with van der Waals surface area (Å²) in [6, 6.07) is 4.51. The third kappa shape index (κ3) is 3.17. The number of carbonyl (C=O) groups is 1. The monoisotopic (exact) mass is 381 g/mol. The molecule has 1 aliphatic rings. The van der Waals surface area contributed by atoms with Crippen molar-refractivity contribution in [2.75, 3.05) is 7.11 Å². The van der Waals surface area contributed by atoms with Crippen LogP contribution in [0.25, 0.3) is 0 Å². The van der Waals surface area contributed by atoms with Crippen molar-refractivity contribution in [1.82, 2.24) is 10.3 Å². The maximum absolute atomic E-state index is 12.3. The molecule has 5 nitrogen and oxygen atoms in total. The molecule has 1 unspecified atom stereocenters. The first-order valence-electron chi connectivity index (χ1n) is 7.00. The van der Waals surface area contributed by atoms with Crippen LogP contribution in [0.4, 0.5) is 0 Å². The minimum Gasteiger partial charge on any atom is -0.466 e. The van der Waals surface area contributed by atoms with Crippen LogP contribution < -0.4 is 5.32 Å². The third-order valence-corrected chi connectivity index (χ3v) is 4.88.